The van der Waals surface area contributed by atoms with Gasteiger partial charge in [0.15, 0.2) is 0 Å². The van der Waals surface area contributed by atoms with E-state index in [-0.39, 0.29) is 39.6 Å². The summed E-state index contributed by atoms with van der Waals surface area (Å²) in [6.07, 6.45) is 4.42. The standard InChI is InChI=1S/C20H14ClF2N5O2/c1-11-16(12-6-15(21)17(22)26-8-12)18(29)28(19(30)27(11)5-4-24)14-7-13(9-25-10-14)20(23)2-3-20/h6-10H,2-3,5H2,1H3. The van der Waals surface area contributed by atoms with Crippen molar-refractivity contribution >= 4 is 11.6 Å². The van der Waals surface area contributed by atoms with Crippen LogP contribution in [0.2, 0.25) is 5.02 Å². The minimum atomic E-state index is -1.51. The van der Waals surface area contributed by atoms with E-state index >= 15 is 0 Å². The third-order valence-electron chi connectivity index (χ3n) is 5.11. The molecule has 30 heavy (non-hydrogen) atoms. The van der Waals surface area contributed by atoms with Gasteiger partial charge in [0.25, 0.3) is 5.56 Å². The molecule has 0 spiro atoms. The largest absolute Gasteiger partial charge is 0.336 e. The number of hydrogen-bond acceptors (Lipinski definition) is 5. The van der Waals surface area contributed by atoms with Crippen molar-refractivity contribution in [3.63, 3.8) is 0 Å². The van der Waals surface area contributed by atoms with Crippen molar-refractivity contribution in [2.75, 3.05) is 0 Å². The van der Waals surface area contributed by atoms with Crippen LogP contribution in [-0.4, -0.2) is 19.1 Å². The van der Waals surface area contributed by atoms with E-state index in [0.717, 1.165) is 15.3 Å². The van der Waals surface area contributed by atoms with Crippen molar-refractivity contribution in [2.45, 2.75) is 32.0 Å². The molecular formula is C20H14ClF2N5O2. The van der Waals surface area contributed by atoms with Crippen molar-refractivity contribution < 1.29 is 8.78 Å². The zero-order valence-corrected chi connectivity index (χ0v) is 16.5. The molecule has 0 N–H and O–H groups in total. The third-order valence-corrected chi connectivity index (χ3v) is 5.37. The highest BCUT2D eigenvalue weighted by Crippen LogP contribution is 2.49. The van der Waals surface area contributed by atoms with Gasteiger partial charge >= 0.3 is 5.69 Å². The second-order valence-corrected chi connectivity index (χ2v) is 7.43. The van der Waals surface area contributed by atoms with Crippen LogP contribution in [0, 0.1) is 24.2 Å². The smallest absolute Gasteiger partial charge is 0.283 e. The van der Waals surface area contributed by atoms with Gasteiger partial charge in [0.2, 0.25) is 5.95 Å². The Morgan fingerprint density at radius 3 is 2.63 bits per heavy atom. The lowest BCUT2D eigenvalue weighted by Gasteiger charge is -2.16. The molecule has 3 aromatic heterocycles. The summed E-state index contributed by atoms with van der Waals surface area (Å²) in [6, 6.07) is 4.49. The Morgan fingerprint density at radius 2 is 2.00 bits per heavy atom. The summed E-state index contributed by atoms with van der Waals surface area (Å²) in [7, 11) is 0. The maximum atomic E-state index is 14.5. The monoisotopic (exact) mass is 429 g/mol. The predicted octanol–water partition coefficient (Wildman–Crippen LogP) is 3.04. The van der Waals surface area contributed by atoms with E-state index in [2.05, 4.69) is 9.97 Å². The SMILES string of the molecule is Cc1c(-c2cnc(F)c(Cl)c2)c(=O)n(-c2cncc(C3(F)CC3)c2)c(=O)n1CC#N. The van der Waals surface area contributed by atoms with Gasteiger partial charge in [0.1, 0.15) is 12.2 Å². The normalized spacial score (nSPS) is 14.4. The fourth-order valence-electron chi connectivity index (χ4n) is 3.32. The van der Waals surface area contributed by atoms with Gasteiger partial charge in [-0.3, -0.25) is 14.3 Å². The Balaban J connectivity index is 2.03. The van der Waals surface area contributed by atoms with Crippen LogP contribution in [-0.2, 0) is 12.2 Å². The number of nitriles is 1. The molecular weight excluding hydrogens is 416 g/mol. The van der Waals surface area contributed by atoms with Crippen LogP contribution in [0.3, 0.4) is 0 Å². The molecule has 0 aliphatic heterocycles. The number of nitrogens with zero attached hydrogens (tertiary/aromatic N) is 5. The van der Waals surface area contributed by atoms with E-state index in [4.69, 9.17) is 16.9 Å². The van der Waals surface area contributed by atoms with Crippen molar-refractivity contribution in [1.82, 2.24) is 19.1 Å². The average Bonchev–Trinajstić information content (AvgIpc) is 3.47. The number of rotatable bonds is 4. The van der Waals surface area contributed by atoms with Crippen molar-refractivity contribution in [3.05, 3.63) is 73.8 Å². The van der Waals surface area contributed by atoms with Gasteiger partial charge in [0.05, 0.1) is 28.5 Å². The molecule has 0 bridgehead atoms. The molecule has 10 heteroatoms. The highest BCUT2D eigenvalue weighted by atomic mass is 35.5. The molecule has 1 aliphatic carbocycles. The predicted molar refractivity (Wildman–Crippen MR) is 105 cm³/mol. The molecule has 1 saturated carbocycles. The Bertz CT molecular complexity index is 1340. The lowest BCUT2D eigenvalue weighted by molar-refractivity contribution is 0.316. The van der Waals surface area contributed by atoms with Gasteiger partial charge in [-0.15, -0.1) is 0 Å². The molecule has 3 aromatic rings. The summed E-state index contributed by atoms with van der Waals surface area (Å²) in [5.41, 5.74) is -2.29. The summed E-state index contributed by atoms with van der Waals surface area (Å²) >= 11 is 5.82. The van der Waals surface area contributed by atoms with Gasteiger partial charge < -0.3 is 0 Å². The molecule has 3 heterocycles. The molecule has 0 radical (unpaired) electrons. The Labute approximate surface area is 173 Å². The first-order valence-electron chi connectivity index (χ1n) is 8.96. The molecule has 0 aromatic carbocycles. The summed E-state index contributed by atoms with van der Waals surface area (Å²) in [5, 5.41) is 8.86. The van der Waals surface area contributed by atoms with Gasteiger partial charge in [-0.1, -0.05) is 11.6 Å². The summed E-state index contributed by atoms with van der Waals surface area (Å²) in [6.45, 7) is 1.16. The van der Waals surface area contributed by atoms with E-state index in [1.807, 2.05) is 6.07 Å². The Kier molecular flexibility index (Phi) is 4.74. The highest BCUT2D eigenvalue weighted by molar-refractivity contribution is 6.30. The first kappa shape index (κ1) is 19.9. The molecule has 4 rings (SSSR count). The molecule has 1 fully saturated rings. The second kappa shape index (κ2) is 7.15. The first-order chi connectivity index (χ1) is 14.3. The Hall–Kier alpha value is -3.38. The fourth-order valence-corrected chi connectivity index (χ4v) is 3.49. The molecule has 7 nitrogen and oxygen atoms in total. The van der Waals surface area contributed by atoms with Crippen LogP contribution in [0.1, 0.15) is 24.1 Å². The van der Waals surface area contributed by atoms with Crippen molar-refractivity contribution in [2.24, 2.45) is 0 Å². The lowest BCUT2D eigenvalue weighted by Crippen LogP contribution is -2.41. The summed E-state index contributed by atoms with van der Waals surface area (Å²) in [4.78, 5) is 33.9. The maximum absolute atomic E-state index is 14.5. The average molecular weight is 430 g/mol. The van der Waals surface area contributed by atoms with E-state index < -0.39 is 22.9 Å². The zero-order valence-electron chi connectivity index (χ0n) is 15.7. The van der Waals surface area contributed by atoms with Crippen LogP contribution in [0.15, 0.2) is 40.3 Å². The highest BCUT2D eigenvalue weighted by Gasteiger charge is 2.45. The van der Waals surface area contributed by atoms with Gasteiger partial charge in [-0.25, -0.2) is 18.7 Å². The summed E-state index contributed by atoms with van der Waals surface area (Å²) < 4.78 is 29.9. The molecule has 152 valence electrons. The molecule has 0 saturated heterocycles. The van der Waals surface area contributed by atoms with Crippen molar-refractivity contribution in [3.8, 4) is 22.9 Å². The topological polar surface area (TPSA) is 93.6 Å². The molecule has 1 aliphatic rings. The number of halogens is 3. The van der Waals surface area contributed by atoms with Crippen LogP contribution < -0.4 is 11.2 Å². The van der Waals surface area contributed by atoms with Crippen LogP contribution >= 0.6 is 11.6 Å². The number of hydrogen-bond donors (Lipinski definition) is 0. The minimum Gasteiger partial charge on any atom is -0.283 e. The second-order valence-electron chi connectivity index (χ2n) is 7.02. The quantitative estimate of drug-likeness (QED) is 0.594. The Morgan fingerprint density at radius 1 is 1.27 bits per heavy atom. The zero-order chi connectivity index (χ0) is 21.6. The molecule has 0 atom stereocenters. The van der Waals surface area contributed by atoms with E-state index in [1.54, 1.807) is 0 Å². The van der Waals surface area contributed by atoms with Crippen LogP contribution in [0.5, 0.6) is 0 Å². The first-order valence-corrected chi connectivity index (χ1v) is 9.34. The van der Waals surface area contributed by atoms with Gasteiger partial charge in [-0.05, 0) is 31.9 Å². The van der Waals surface area contributed by atoms with Gasteiger partial charge in [0, 0.05) is 29.2 Å². The van der Waals surface area contributed by atoms with Crippen molar-refractivity contribution in [1.29, 1.82) is 5.26 Å². The fraction of sp³-hybridized carbons (Fsp3) is 0.250. The number of aromatic nitrogens is 4. The minimum absolute atomic E-state index is 0.0195. The molecule has 0 amide bonds. The van der Waals surface area contributed by atoms with E-state index in [0.29, 0.717) is 12.8 Å². The number of alkyl halides is 1. The van der Waals surface area contributed by atoms with Crippen LogP contribution in [0.4, 0.5) is 8.78 Å². The third kappa shape index (κ3) is 3.19. The number of pyridine rings is 2. The maximum Gasteiger partial charge on any atom is 0.336 e. The van der Waals surface area contributed by atoms with Gasteiger partial charge in [-0.2, -0.15) is 9.65 Å². The lowest BCUT2D eigenvalue weighted by atomic mass is 10.1. The van der Waals surface area contributed by atoms with E-state index in [9.17, 15) is 18.4 Å². The van der Waals surface area contributed by atoms with E-state index in [1.165, 1.54) is 31.5 Å². The molecule has 0 unspecified atom stereocenters. The summed E-state index contributed by atoms with van der Waals surface area (Å²) in [5.74, 6) is -0.904. The van der Waals surface area contributed by atoms with Crippen LogP contribution in [0.25, 0.3) is 16.8 Å².